The number of rotatable bonds is 8. The second kappa shape index (κ2) is 8.99. The first kappa shape index (κ1) is 19.4. The largest absolute Gasteiger partial charge is 0.497 e. The summed E-state index contributed by atoms with van der Waals surface area (Å²) >= 11 is 0. The van der Waals surface area contributed by atoms with E-state index in [2.05, 4.69) is 5.32 Å². The van der Waals surface area contributed by atoms with E-state index >= 15 is 0 Å². The van der Waals surface area contributed by atoms with E-state index in [1.807, 2.05) is 25.1 Å². The normalized spacial score (nSPS) is 12.7. The number of amides is 1. The number of nitrogens with one attached hydrogen (secondary N) is 1. The Kier molecular flexibility index (Phi) is 6.72. The topological polar surface area (TPSA) is 66.0 Å². The zero-order chi connectivity index (χ0) is 19.1. The molecule has 0 heterocycles. The van der Waals surface area contributed by atoms with E-state index < -0.39 is 6.10 Å². The first-order valence-electron chi connectivity index (χ1n) is 8.31. The van der Waals surface area contributed by atoms with E-state index in [4.69, 9.17) is 18.9 Å². The minimum atomic E-state index is -0.651. The molecule has 6 heteroatoms. The minimum absolute atomic E-state index is 0.224. The van der Waals surface area contributed by atoms with Crippen LogP contribution in [-0.2, 0) is 4.79 Å². The molecule has 0 saturated heterocycles. The number of hydrogen-bond donors (Lipinski definition) is 1. The third-order valence-corrected chi connectivity index (χ3v) is 4.00. The molecule has 0 aliphatic rings. The zero-order valence-corrected chi connectivity index (χ0v) is 15.7. The maximum atomic E-state index is 12.5. The first-order valence-corrected chi connectivity index (χ1v) is 8.31. The van der Waals surface area contributed by atoms with Crippen LogP contribution in [0.1, 0.15) is 25.5 Å². The molecule has 26 heavy (non-hydrogen) atoms. The quantitative estimate of drug-likeness (QED) is 0.783. The molecule has 2 aromatic carbocycles. The molecular weight excluding hydrogens is 334 g/mol. The lowest BCUT2D eigenvalue weighted by Crippen LogP contribution is -2.37. The molecule has 2 aromatic rings. The SMILES string of the molecule is COc1ccc(OC(C)C(=O)NC(C)c2cc(OC)ccc2OC)cc1. The Bertz CT molecular complexity index is 729. The molecule has 2 rings (SSSR count). The van der Waals surface area contributed by atoms with Gasteiger partial charge in [0.15, 0.2) is 6.10 Å². The number of carbonyl (C=O) groups excluding carboxylic acids is 1. The van der Waals surface area contributed by atoms with Gasteiger partial charge >= 0.3 is 0 Å². The maximum absolute atomic E-state index is 12.5. The van der Waals surface area contributed by atoms with Gasteiger partial charge in [-0.25, -0.2) is 0 Å². The fraction of sp³-hybridized carbons (Fsp3) is 0.350. The van der Waals surface area contributed by atoms with Crippen LogP contribution in [0.2, 0.25) is 0 Å². The van der Waals surface area contributed by atoms with Gasteiger partial charge in [-0.1, -0.05) is 0 Å². The number of ether oxygens (including phenoxy) is 4. The highest BCUT2D eigenvalue weighted by Crippen LogP contribution is 2.29. The highest BCUT2D eigenvalue weighted by Gasteiger charge is 2.20. The number of carbonyl (C=O) groups is 1. The Balaban J connectivity index is 2.03. The van der Waals surface area contributed by atoms with Gasteiger partial charge in [0.25, 0.3) is 5.91 Å². The van der Waals surface area contributed by atoms with Gasteiger partial charge in [-0.05, 0) is 56.3 Å². The van der Waals surface area contributed by atoms with Gasteiger partial charge in [-0.2, -0.15) is 0 Å². The number of benzene rings is 2. The van der Waals surface area contributed by atoms with E-state index in [1.165, 1.54) is 0 Å². The monoisotopic (exact) mass is 359 g/mol. The van der Waals surface area contributed by atoms with E-state index in [1.54, 1.807) is 52.5 Å². The zero-order valence-electron chi connectivity index (χ0n) is 15.7. The van der Waals surface area contributed by atoms with Crippen LogP contribution in [0.5, 0.6) is 23.0 Å². The Labute approximate surface area is 154 Å². The molecule has 1 amide bonds. The smallest absolute Gasteiger partial charge is 0.261 e. The van der Waals surface area contributed by atoms with Gasteiger partial charge in [-0.15, -0.1) is 0 Å². The highest BCUT2D eigenvalue weighted by atomic mass is 16.5. The molecule has 140 valence electrons. The molecule has 0 radical (unpaired) electrons. The van der Waals surface area contributed by atoms with Gasteiger partial charge in [0.05, 0.1) is 27.4 Å². The molecular formula is C20H25NO5. The van der Waals surface area contributed by atoms with Gasteiger partial charge in [0, 0.05) is 5.56 Å². The van der Waals surface area contributed by atoms with Crippen molar-refractivity contribution in [1.82, 2.24) is 5.32 Å². The minimum Gasteiger partial charge on any atom is -0.497 e. The molecule has 0 saturated carbocycles. The first-order chi connectivity index (χ1) is 12.5. The molecule has 6 nitrogen and oxygen atoms in total. The van der Waals surface area contributed by atoms with Crippen LogP contribution in [-0.4, -0.2) is 33.3 Å². The highest BCUT2D eigenvalue weighted by molar-refractivity contribution is 5.81. The second-order valence-electron chi connectivity index (χ2n) is 5.77. The third-order valence-electron chi connectivity index (χ3n) is 4.00. The molecule has 0 fully saturated rings. The average Bonchev–Trinajstić information content (AvgIpc) is 2.67. The molecule has 2 unspecified atom stereocenters. The molecule has 0 aliphatic carbocycles. The van der Waals surface area contributed by atoms with E-state index in [0.29, 0.717) is 17.2 Å². The summed E-state index contributed by atoms with van der Waals surface area (Å²) in [6.45, 7) is 3.59. The van der Waals surface area contributed by atoms with Crippen molar-refractivity contribution in [3.8, 4) is 23.0 Å². The summed E-state index contributed by atoms with van der Waals surface area (Å²) in [6.07, 6.45) is -0.651. The van der Waals surface area contributed by atoms with Crippen molar-refractivity contribution in [3.63, 3.8) is 0 Å². The van der Waals surface area contributed by atoms with Crippen molar-refractivity contribution in [2.24, 2.45) is 0 Å². The van der Waals surface area contributed by atoms with Crippen LogP contribution in [0.3, 0.4) is 0 Å². The summed E-state index contributed by atoms with van der Waals surface area (Å²) in [5.74, 6) is 2.48. The molecule has 0 aliphatic heterocycles. The van der Waals surface area contributed by atoms with Crippen molar-refractivity contribution < 1.29 is 23.7 Å². The van der Waals surface area contributed by atoms with Crippen LogP contribution >= 0.6 is 0 Å². The predicted molar refractivity (Wildman–Crippen MR) is 99.2 cm³/mol. The van der Waals surface area contributed by atoms with E-state index in [0.717, 1.165) is 11.3 Å². The number of hydrogen-bond acceptors (Lipinski definition) is 5. The van der Waals surface area contributed by atoms with Gasteiger partial charge in [0.1, 0.15) is 23.0 Å². The van der Waals surface area contributed by atoms with E-state index in [9.17, 15) is 4.79 Å². The Hall–Kier alpha value is -2.89. The molecule has 0 spiro atoms. The van der Waals surface area contributed by atoms with Crippen LogP contribution in [0.4, 0.5) is 0 Å². The Morgan fingerprint density at radius 2 is 1.42 bits per heavy atom. The average molecular weight is 359 g/mol. The summed E-state index contributed by atoms with van der Waals surface area (Å²) in [7, 11) is 4.79. The predicted octanol–water partition coefficient (Wildman–Crippen LogP) is 3.36. The summed E-state index contributed by atoms with van der Waals surface area (Å²) in [5, 5.41) is 2.94. The van der Waals surface area contributed by atoms with Crippen LogP contribution in [0.15, 0.2) is 42.5 Å². The summed E-state index contributed by atoms with van der Waals surface area (Å²) < 4.78 is 21.4. The van der Waals surface area contributed by atoms with Gasteiger partial charge < -0.3 is 24.3 Å². The van der Waals surface area contributed by atoms with Crippen molar-refractivity contribution in [3.05, 3.63) is 48.0 Å². The molecule has 1 N–H and O–H groups in total. The lowest BCUT2D eigenvalue weighted by atomic mass is 10.1. The van der Waals surface area contributed by atoms with Crippen LogP contribution in [0.25, 0.3) is 0 Å². The summed E-state index contributed by atoms with van der Waals surface area (Å²) in [6, 6.07) is 12.3. The standard InChI is InChI=1S/C20H25NO5/c1-13(18-12-17(24-4)10-11-19(18)25-5)21-20(22)14(2)26-16-8-6-15(23-3)7-9-16/h6-14H,1-5H3,(H,21,22). The summed E-state index contributed by atoms with van der Waals surface area (Å²) in [4.78, 5) is 12.5. The lowest BCUT2D eigenvalue weighted by Gasteiger charge is -2.21. The summed E-state index contributed by atoms with van der Waals surface area (Å²) in [5.41, 5.74) is 0.830. The molecule has 0 aromatic heterocycles. The fourth-order valence-electron chi connectivity index (χ4n) is 2.50. The van der Waals surface area contributed by atoms with Crippen LogP contribution in [0, 0.1) is 0 Å². The Morgan fingerprint density at radius 1 is 0.846 bits per heavy atom. The second-order valence-corrected chi connectivity index (χ2v) is 5.77. The third kappa shape index (κ3) is 4.81. The molecule has 0 bridgehead atoms. The van der Waals surface area contributed by atoms with Crippen molar-refractivity contribution in [1.29, 1.82) is 0 Å². The van der Waals surface area contributed by atoms with Crippen molar-refractivity contribution in [2.45, 2.75) is 26.0 Å². The van der Waals surface area contributed by atoms with Crippen LogP contribution < -0.4 is 24.3 Å². The van der Waals surface area contributed by atoms with Crippen molar-refractivity contribution in [2.75, 3.05) is 21.3 Å². The van der Waals surface area contributed by atoms with Gasteiger partial charge in [-0.3, -0.25) is 4.79 Å². The van der Waals surface area contributed by atoms with E-state index in [-0.39, 0.29) is 11.9 Å². The maximum Gasteiger partial charge on any atom is 0.261 e. The van der Waals surface area contributed by atoms with Crippen molar-refractivity contribution >= 4 is 5.91 Å². The Morgan fingerprint density at radius 3 is 2.00 bits per heavy atom. The molecule has 2 atom stereocenters. The number of methoxy groups -OCH3 is 3. The fourth-order valence-corrected chi connectivity index (χ4v) is 2.50. The van der Waals surface area contributed by atoms with Gasteiger partial charge in [0.2, 0.25) is 0 Å². The lowest BCUT2D eigenvalue weighted by molar-refractivity contribution is -0.127.